The SMILES string of the molecule is CC1(C(=O)OC(C)(C)C2CC(Oc3ccc(F)cc3C3CCN([C@@H]4COC5(C4)CN(c4nnco4)C5)CC3)C2)CC(Oc2ccc(F)cc2C2CCN([C@@H]3COC4(C3)CN(c3nnco3)C4)CC2)C1. The summed E-state index contributed by atoms with van der Waals surface area (Å²) in [6.45, 7) is 14.1. The molecule has 18 heteroatoms. The Hall–Kier alpha value is -4.91. The van der Waals surface area contributed by atoms with Crippen molar-refractivity contribution in [3.05, 3.63) is 71.9 Å². The van der Waals surface area contributed by atoms with Crippen LogP contribution in [0.1, 0.15) is 108 Å². The number of carbonyl (C=O) groups is 1. The molecule has 12 rings (SSSR count). The highest BCUT2D eigenvalue weighted by atomic mass is 19.1. The molecule has 0 radical (unpaired) electrons. The van der Waals surface area contributed by atoms with Crippen LogP contribution in [0.2, 0.25) is 0 Å². The number of anilines is 2. The number of nitrogens with zero attached hydrogens (tertiary/aromatic N) is 8. The quantitative estimate of drug-likeness (QED) is 0.127. The molecule has 16 nitrogen and oxygen atoms in total. The number of likely N-dealkylation sites (tertiary alicyclic amines) is 2. The molecule has 6 aliphatic heterocycles. The van der Waals surface area contributed by atoms with Crippen LogP contribution < -0.4 is 19.3 Å². The number of aromatic nitrogens is 4. The molecule has 2 saturated carbocycles. The van der Waals surface area contributed by atoms with Gasteiger partial charge in [0.25, 0.3) is 0 Å². The Morgan fingerprint density at radius 2 is 1.14 bits per heavy atom. The molecule has 4 aromatic rings. The maximum atomic E-state index is 14.8. The molecule has 2 aromatic carbocycles. The highest BCUT2D eigenvalue weighted by Crippen LogP contribution is 2.49. The van der Waals surface area contributed by atoms with Crippen LogP contribution in [-0.2, 0) is 19.0 Å². The smallest absolute Gasteiger partial charge is 0.318 e. The lowest BCUT2D eigenvalue weighted by Crippen LogP contribution is -2.62. The summed E-state index contributed by atoms with van der Waals surface area (Å²) < 4.78 is 72.4. The lowest BCUT2D eigenvalue weighted by molar-refractivity contribution is -0.190. The van der Waals surface area contributed by atoms with E-state index >= 15 is 0 Å². The highest BCUT2D eigenvalue weighted by Gasteiger charge is 2.55. The normalized spacial score (nSPS) is 30.5. The molecule has 0 amide bonds. The second-order valence-electron chi connectivity index (χ2n) is 22.5. The standard InChI is InChI=1S/C51H64F2N8O8/c1-48(2,34-16-39(17-34)67-43-6-4-35(52)18-41(43)32-8-12-58(13-9-32)37-20-50(65-24-37)26-60(27-50)46-56-54-30-63-46)69-45(62)49(3)22-40(23-49)68-44-7-5-36(53)19-42(44)33-10-14-59(15-11-33)38-21-51(66-25-38)28-61(29-51)47-57-55-31-64-47/h4-7,18-19,30-34,37-40H,8-17,20-29H2,1-3H3/t34?,37-,38-,39?,40?,49?/m0/s1. The Balaban J connectivity index is 0.587. The molecule has 2 aliphatic carbocycles. The van der Waals surface area contributed by atoms with Gasteiger partial charge in [0.1, 0.15) is 46.0 Å². The van der Waals surface area contributed by atoms with E-state index in [9.17, 15) is 13.6 Å². The van der Waals surface area contributed by atoms with Gasteiger partial charge in [-0.1, -0.05) is 10.2 Å². The van der Waals surface area contributed by atoms with Crippen molar-refractivity contribution in [3.63, 3.8) is 0 Å². The fourth-order valence-corrected chi connectivity index (χ4v) is 13.0. The van der Waals surface area contributed by atoms with E-state index in [1.165, 1.54) is 24.9 Å². The molecule has 8 heterocycles. The van der Waals surface area contributed by atoms with E-state index in [-0.39, 0.29) is 58.8 Å². The predicted octanol–water partition coefficient (Wildman–Crippen LogP) is 6.91. The number of esters is 1. The molecule has 2 atom stereocenters. The van der Waals surface area contributed by atoms with Gasteiger partial charge >= 0.3 is 18.0 Å². The molecule has 370 valence electrons. The topological polar surface area (TPSA) is 154 Å². The molecular weight excluding hydrogens is 891 g/mol. The molecule has 2 spiro atoms. The van der Waals surface area contributed by atoms with Crippen LogP contribution in [0.15, 0.2) is 58.0 Å². The third kappa shape index (κ3) is 8.74. The molecular formula is C51H64F2N8O8. The van der Waals surface area contributed by atoms with E-state index in [4.69, 9.17) is 32.5 Å². The number of rotatable bonds is 13. The van der Waals surface area contributed by atoms with Crippen molar-refractivity contribution in [3.8, 4) is 11.5 Å². The highest BCUT2D eigenvalue weighted by molar-refractivity contribution is 5.78. The molecule has 6 saturated heterocycles. The second kappa shape index (κ2) is 17.4. The third-order valence-corrected chi connectivity index (χ3v) is 17.3. The zero-order valence-corrected chi connectivity index (χ0v) is 39.9. The van der Waals surface area contributed by atoms with E-state index in [0.717, 1.165) is 121 Å². The Kier molecular flexibility index (Phi) is 11.4. The van der Waals surface area contributed by atoms with Gasteiger partial charge < -0.3 is 42.3 Å². The first-order chi connectivity index (χ1) is 33.3. The van der Waals surface area contributed by atoms with E-state index in [2.05, 4.69) is 40.0 Å². The minimum absolute atomic E-state index is 0.0421. The number of ether oxygens (including phenoxy) is 5. The van der Waals surface area contributed by atoms with Crippen molar-refractivity contribution >= 4 is 18.0 Å². The molecule has 0 N–H and O–H groups in total. The Bertz CT molecular complexity index is 2460. The van der Waals surface area contributed by atoms with Crippen LogP contribution in [0.25, 0.3) is 0 Å². The van der Waals surface area contributed by atoms with Crippen LogP contribution in [-0.4, -0.2) is 143 Å². The summed E-state index contributed by atoms with van der Waals surface area (Å²) in [5, 5.41) is 15.6. The number of hydrogen-bond acceptors (Lipinski definition) is 16. The van der Waals surface area contributed by atoms with Crippen molar-refractivity contribution < 1.29 is 46.1 Å². The van der Waals surface area contributed by atoms with Gasteiger partial charge in [-0.2, -0.15) is 0 Å². The average Bonchev–Trinajstić information content (AvgIpc) is 4.15. The monoisotopic (exact) mass is 954 g/mol. The van der Waals surface area contributed by atoms with E-state index in [0.29, 0.717) is 55.9 Å². The number of halogens is 2. The van der Waals surface area contributed by atoms with Crippen LogP contribution >= 0.6 is 0 Å². The molecule has 2 aromatic heterocycles. The van der Waals surface area contributed by atoms with Crippen molar-refractivity contribution in [1.29, 1.82) is 0 Å². The summed E-state index contributed by atoms with van der Waals surface area (Å²) >= 11 is 0. The first kappa shape index (κ1) is 45.2. The summed E-state index contributed by atoms with van der Waals surface area (Å²) in [7, 11) is 0. The van der Waals surface area contributed by atoms with Crippen molar-refractivity contribution in [1.82, 2.24) is 30.2 Å². The zero-order chi connectivity index (χ0) is 47.1. The van der Waals surface area contributed by atoms with Crippen LogP contribution in [0, 0.1) is 23.0 Å². The lowest BCUT2D eigenvalue weighted by atomic mass is 9.67. The summed E-state index contributed by atoms with van der Waals surface area (Å²) in [6, 6.07) is 11.6. The first-order valence-corrected chi connectivity index (χ1v) is 25.2. The van der Waals surface area contributed by atoms with Crippen LogP contribution in [0.4, 0.5) is 20.8 Å². The minimum atomic E-state index is -0.685. The van der Waals surface area contributed by atoms with Crippen molar-refractivity contribution in [2.75, 3.05) is 75.4 Å². The first-order valence-electron chi connectivity index (χ1n) is 25.2. The molecule has 0 bridgehead atoms. The Labute approximate surface area is 401 Å². The maximum absolute atomic E-state index is 14.8. The van der Waals surface area contributed by atoms with Gasteiger partial charge in [-0.05, 0) is 147 Å². The lowest BCUT2D eigenvalue weighted by Gasteiger charge is -2.48. The number of hydrogen-bond donors (Lipinski definition) is 0. The van der Waals surface area contributed by atoms with Gasteiger partial charge in [-0.25, -0.2) is 8.78 Å². The van der Waals surface area contributed by atoms with Gasteiger partial charge in [0, 0.05) is 42.0 Å². The molecule has 8 aliphatic rings. The van der Waals surface area contributed by atoms with Gasteiger partial charge in [0.15, 0.2) is 0 Å². The Morgan fingerprint density at radius 3 is 1.59 bits per heavy atom. The van der Waals surface area contributed by atoms with Gasteiger partial charge in [0.05, 0.1) is 50.9 Å². The summed E-state index contributed by atoms with van der Waals surface area (Å²) in [5.41, 5.74) is 0.171. The largest absolute Gasteiger partial charge is 0.490 e. The molecule has 8 fully saturated rings. The molecule has 0 unspecified atom stereocenters. The number of carbonyl (C=O) groups excluding carboxylic acids is 1. The van der Waals surface area contributed by atoms with E-state index in [1.807, 2.05) is 20.8 Å². The number of benzene rings is 2. The Morgan fingerprint density at radius 1 is 0.681 bits per heavy atom. The second-order valence-corrected chi connectivity index (χ2v) is 22.5. The molecule has 69 heavy (non-hydrogen) atoms. The fourth-order valence-electron chi connectivity index (χ4n) is 13.0. The zero-order valence-electron chi connectivity index (χ0n) is 39.9. The van der Waals surface area contributed by atoms with Crippen molar-refractivity contribution in [2.24, 2.45) is 11.3 Å². The third-order valence-electron chi connectivity index (χ3n) is 17.3. The van der Waals surface area contributed by atoms with E-state index < -0.39 is 11.0 Å². The van der Waals surface area contributed by atoms with Crippen molar-refractivity contribution in [2.45, 2.75) is 138 Å². The van der Waals surface area contributed by atoms with Gasteiger partial charge in [0.2, 0.25) is 12.8 Å². The minimum Gasteiger partial charge on any atom is -0.490 e. The van der Waals surface area contributed by atoms with Gasteiger partial charge in [-0.15, -0.1) is 10.2 Å². The fraction of sp³-hybridized carbons (Fsp3) is 0.667. The summed E-state index contributed by atoms with van der Waals surface area (Å²) in [5.74, 6) is 1.25. The van der Waals surface area contributed by atoms with Gasteiger partial charge in [-0.3, -0.25) is 14.6 Å². The summed E-state index contributed by atoms with van der Waals surface area (Å²) in [6.07, 6.45) is 10.6. The van der Waals surface area contributed by atoms with E-state index in [1.54, 1.807) is 24.3 Å². The average molecular weight is 955 g/mol. The maximum Gasteiger partial charge on any atom is 0.318 e. The summed E-state index contributed by atoms with van der Waals surface area (Å²) in [4.78, 5) is 23.0. The predicted molar refractivity (Wildman–Crippen MR) is 246 cm³/mol. The number of piperidine rings is 2. The van der Waals surface area contributed by atoms with Crippen LogP contribution in [0.3, 0.4) is 0 Å². The van der Waals surface area contributed by atoms with Crippen LogP contribution in [0.5, 0.6) is 11.5 Å².